The minimum Gasteiger partial charge on any atom is -0.377 e. The highest BCUT2D eigenvalue weighted by Crippen LogP contribution is 2.33. The molecular weight excluding hydrogens is 491 g/mol. The van der Waals surface area contributed by atoms with E-state index in [4.69, 9.17) is 4.74 Å². The van der Waals surface area contributed by atoms with Crippen LogP contribution in [0.3, 0.4) is 0 Å². The summed E-state index contributed by atoms with van der Waals surface area (Å²) in [6.07, 6.45) is 3.93. The Bertz CT molecular complexity index is 688. The molecule has 0 aliphatic carbocycles. The molecule has 2 atom stereocenters. The van der Waals surface area contributed by atoms with E-state index in [2.05, 4.69) is 41.7 Å². The second-order valence-electron chi connectivity index (χ2n) is 8.86. The quantitative estimate of drug-likeness (QED) is 0.275. The minimum absolute atomic E-state index is 0. The van der Waals surface area contributed by atoms with Crippen molar-refractivity contribution in [2.75, 3.05) is 25.5 Å². The van der Waals surface area contributed by atoms with Gasteiger partial charge in [0.05, 0.1) is 6.10 Å². The molecule has 1 aliphatic heterocycles. The standard InChI is InChI=1S/C23H38N4O2.HI/c1-6-9-20(28)27-19-12-7-10-17(14-19)15-25-22(24-5)26-16-18-11-8-13-29-21(18)23(2,3)4;/h7,10,12,14,18,21H,6,8-9,11,13,15-16H2,1-5H3,(H,27,28)(H2,24,25,26);1H. The van der Waals surface area contributed by atoms with E-state index in [0.717, 1.165) is 43.2 Å². The van der Waals surface area contributed by atoms with Gasteiger partial charge in [0.25, 0.3) is 0 Å². The summed E-state index contributed by atoms with van der Waals surface area (Å²) in [5.74, 6) is 1.31. The van der Waals surface area contributed by atoms with Crippen molar-refractivity contribution in [2.24, 2.45) is 16.3 Å². The Labute approximate surface area is 199 Å². The van der Waals surface area contributed by atoms with E-state index in [1.165, 1.54) is 6.42 Å². The number of nitrogens with zero attached hydrogens (tertiary/aromatic N) is 1. The summed E-state index contributed by atoms with van der Waals surface area (Å²) in [6, 6.07) is 7.92. The molecule has 2 rings (SSSR count). The molecule has 1 aliphatic rings. The number of aliphatic imine (C=N–C) groups is 1. The number of rotatable bonds is 7. The number of halogens is 1. The largest absolute Gasteiger partial charge is 0.377 e. The SMILES string of the molecule is CCCC(=O)Nc1cccc(CNC(=NC)NCC2CCCOC2C(C)(C)C)c1.I. The van der Waals surface area contributed by atoms with Gasteiger partial charge in [-0.2, -0.15) is 0 Å². The van der Waals surface area contributed by atoms with Crippen LogP contribution >= 0.6 is 24.0 Å². The number of carbonyl (C=O) groups is 1. The number of carbonyl (C=O) groups excluding carboxylic acids is 1. The average molecular weight is 530 g/mol. The minimum atomic E-state index is 0. The van der Waals surface area contributed by atoms with Crippen LogP contribution in [0.4, 0.5) is 5.69 Å². The number of benzene rings is 1. The topological polar surface area (TPSA) is 74.8 Å². The summed E-state index contributed by atoms with van der Waals surface area (Å²) in [6.45, 7) is 11.1. The molecule has 1 heterocycles. The van der Waals surface area contributed by atoms with Gasteiger partial charge >= 0.3 is 0 Å². The molecular formula is C23H39IN4O2. The van der Waals surface area contributed by atoms with Crippen LogP contribution in [0, 0.1) is 11.3 Å². The Kier molecular flexibility index (Phi) is 11.7. The van der Waals surface area contributed by atoms with E-state index in [9.17, 15) is 4.79 Å². The fourth-order valence-corrected chi connectivity index (χ4v) is 3.85. The first-order chi connectivity index (χ1) is 13.8. The van der Waals surface area contributed by atoms with Crippen molar-refractivity contribution in [3.63, 3.8) is 0 Å². The molecule has 0 saturated carbocycles. The van der Waals surface area contributed by atoms with E-state index in [1.807, 2.05) is 31.2 Å². The van der Waals surface area contributed by atoms with Crippen LogP contribution in [-0.2, 0) is 16.1 Å². The lowest BCUT2D eigenvalue weighted by molar-refractivity contribution is -0.116. The van der Waals surface area contributed by atoms with Crippen LogP contribution in [0.1, 0.15) is 58.9 Å². The molecule has 1 amide bonds. The maximum atomic E-state index is 11.8. The Balaban J connectivity index is 0.00000450. The monoisotopic (exact) mass is 530 g/mol. The van der Waals surface area contributed by atoms with Crippen LogP contribution in [0.2, 0.25) is 0 Å². The van der Waals surface area contributed by atoms with E-state index in [-0.39, 0.29) is 41.4 Å². The first kappa shape index (κ1) is 26.7. The maximum Gasteiger partial charge on any atom is 0.224 e. The summed E-state index contributed by atoms with van der Waals surface area (Å²) in [5, 5.41) is 9.78. The van der Waals surface area contributed by atoms with Gasteiger partial charge in [0.15, 0.2) is 5.96 Å². The highest BCUT2D eigenvalue weighted by atomic mass is 127. The van der Waals surface area contributed by atoms with E-state index in [1.54, 1.807) is 7.05 Å². The smallest absolute Gasteiger partial charge is 0.224 e. The molecule has 3 N–H and O–H groups in total. The molecule has 2 unspecified atom stereocenters. The highest BCUT2D eigenvalue weighted by Gasteiger charge is 2.35. The number of amides is 1. The normalized spacial score (nSPS) is 19.6. The summed E-state index contributed by atoms with van der Waals surface area (Å²) < 4.78 is 6.08. The fraction of sp³-hybridized carbons (Fsp3) is 0.652. The van der Waals surface area contributed by atoms with Gasteiger partial charge in [-0.15, -0.1) is 24.0 Å². The van der Waals surface area contributed by atoms with Gasteiger partial charge in [0.2, 0.25) is 5.91 Å². The van der Waals surface area contributed by atoms with Crippen LogP contribution in [0.25, 0.3) is 0 Å². The predicted molar refractivity (Wildman–Crippen MR) is 136 cm³/mol. The molecule has 170 valence electrons. The molecule has 1 aromatic carbocycles. The molecule has 0 aromatic heterocycles. The molecule has 1 fully saturated rings. The van der Waals surface area contributed by atoms with Crippen molar-refractivity contribution in [3.8, 4) is 0 Å². The van der Waals surface area contributed by atoms with E-state index >= 15 is 0 Å². The van der Waals surface area contributed by atoms with Crippen molar-refractivity contribution in [1.82, 2.24) is 10.6 Å². The van der Waals surface area contributed by atoms with Gasteiger partial charge in [-0.25, -0.2) is 0 Å². The van der Waals surface area contributed by atoms with Gasteiger partial charge in [-0.3, -0.25) is 9.79 Å². The highest BCUT2D eigenvalue weighted by molar-refractivity contribution is 14.0. The van der Waals surface area contributed by atoms with Crippen LogP contribution in [-0.4, -0.2) is 38.2 Å². The number of ether oxygens (including phenoxy) is 1. The van der Waals surface area contributed by atoms with Gasteiger partial charge in [0, 0.05) is 44.8 Å². The first-order valence-electron chi connectivity index (χ1n) is 10.8. The van der Waals surface area contributed by atoms with Gasteiger partial charge in [-0.1, -0.05) is 39.8 Å². The molecule has 1 aromatic rings. The van der Waals surface area contributed by atoms with Crippen molar-refractivity contribution in [2.45, 2.75) is 66.0 Å². The Morgan fingerprint density at radius 3 is 2.70 bits per heavy atom. The third-order valence-corrected chi connectivity index (χ3v) is 5.20. The summed E-state index contributed by atoms with van der Waals surface area (Å²) in [4.78, 5) is 16.2. The lowest BCUT2D eigenvalue weighted by atomic mass is 9.78. The summed E-state index contributed by atoms with van der Waals surface area (Å²) in [7, 11) is 1.79. The first-order valence-corrected chi connectivity index (χ1v) is 10.8. The molecule has 7 heteroatoms. The second kappa shape index (κ2) is 13.1. The van der Waals surface area contributed by atoms with Gasteiger partial charge in [0.1, 0.15) is 0 Å². The lowest BCUT2D eigenvalue weighted by Gasteiger charge is -2.40. The number of hydrogen-bond acceptors (Lipinski definition) is 3. The lowest BCUT2D eigenvalue weighted by Crippen LogP contribution is -2.47. The zero-order chi connectivity index (χ0) is 21.3. The van der Waals surface area contributed by atoms with E-state index in [0.29, 0.717) is 18.9 Å². The zero-order valence-electron chi connectivity index (χ0n) is 19.1. The van der Waals surface area contributed by atoms with Crippen LogP contribution in [0.5, 0.6) is 0 Å². The zero-order valence-corrected chi connectivity index (χ0v) is 21.4. The fourth-order valence-electron chi connectivity index (χ4n) is 3.85. The Hall–Kier alpha value is -1.35. The Morgan fingerprint density at radius 2 is 2.03 bits per heavy atom. The maximum absolute atomic E-state index is 11.8. The van der Waals surface area contributed by atoms with Crippen LogP contribution < -0.4 is 16.0 Å². The molecule has 6 nitrogen and oxygen atoms in total. The molecule has 30 heavy (non-hydrogen) atoms. The molecule has 1 saturated heterocycles. The second-order valence-corrected chi connectivity index (χ2v) is 8.86. The van der Waals surface area contributed by atoms with Gasteiger partial charge in [-0.05, 0) is 42.4 Å². The van der Waals surface area contributed by atoms with Crippen molar-refractivity contribution >= 4 is 41.5 Å². The average Bonchev–Trinajstić information content (AvgIpc) is 2.68. The summed E-state index contributed by atoms with van der Waals surface area (Å²) >= 11 is 0. The van der Waals surface area contributed by atoms with Crippen molar-refractivity contribution < 1.29 is 9.53 Å². The number of anilines is 1. The third kappa shape index (κ3) is 8.79. The predicted octanol–water partition coefficient (Wildman–Crippen LogP) is 4.55. The number of nitrogens with one attached hydrogen (secondary N) is 3. The molecule has 0 spiro atoms. The summed E-state index contributed by atoms with van der Waals surface area (Å²) in [5.41, 5.74) is 2.06. The van der Waals surface area contributed by atoms with Gasteiger partial charge < -0.3 is 20.7 Å². The third-order valence-electron chi connectivity index (χ3n) is 5.20. The molecule has 0 bridgehead atoms. The van der Waals surface area contributed by atoms with Crippen molar-refractivity contribution in [3.05, 3.63) is 29.8 Å². The number of guanidine groups is 1. The van der Waals surface area contributed by atoms with Crippen molar-refractivity contribution in [1.29, 1.82) is 0 Å². The number of hydrogen-bond donors (Lipinski definition) is 3. The van der Waals surface area contributed by atoms with Crippen LogP contribution in [0.15, 0.2) is 29.3 Å². The van der Waals surface area contributed by atoms with E-state index < -0.39 is 0 Å². The molecule has 0 radical (unpaired) electrons. The Morgan fingerprint density at radius 1 is 1.27 bits per heavy atom.